The Morgan fingerprint density at radius 2 is 1.77 bits per heavy atom. The first-order valence-electron chi connectivity index (χ1n) is 10.9. The number of ether oxygens (including phenoxy) is 2. The van der Waals surface area contributed by atoms with Crippen molar-refractivity contribution in [3.63, 3.8) is 0 Å². The molecule has 4 bridgehead atoms. The van der Waals surface area contributed by atoms with Gasteiger partial charge in [0.1, 0.15) is 11.6 Å². The highest BCUT2D eigenvalue weighted by atomic mass is 35.5. The van der Waals surface area contributed by atoms with E-state index in [4.69, 9.17) is 16.3 Å². The number of esters is 1. The normalized spacial score (nSPS) is 33.0. The van der Waals surface area contributed by atoms with Crippen molar-refractivity contribution in [3.8, 4) is 0 Å². The zero-order valence-electron chi connectivity index (χ0n) is 18.5. The first-order chi connectivity index (χ1) is 13.9. The van der Waals surface area contributed by atoms with Gasteiger partial charge in [0.2, 0.25) is 5.91 Å². The molecular formula is C22H35ClN2O5. The molecular weight excluding hydrogens is 408 g/mol. The summed E-state index contributed by atoms with van der Waals surface area (Å²) >= 11 is 6.89. The standard InChI is InChI=1S/C22H35ClN2O5/c1-20(2,3)30-19(28)25-16(5-6-17(26)29-4)18(27)24-13-21-8-14-7-15(9-21)11-22(23,10-14)12-21/h14-16H,5-13H2,1-4H3,(H,24,27)(H,25,28). The molecule has 0 aliphatic heterocycles. The molecule has 30 heavy (non-hydrogen) atoms. The van der Waals surface area contributed by atoms with Gasteiger partial charge in [-0.25, -0.2) is 4.79 Å². The Hall–Kier alpha value is -1.50. The van der Waals surface area contributed by atoms with Crippen LogP contribution in [0.3, 0.4) is 0 Å². The average molecular weight is 443 g/mol. The monoisotopic (exact) mass is 442 g/mol. The predicted molar refractivity (Wildman–Crippen MR) is 113 cm³/mol. The minimum atomic E-state index is -0.863. The van der Waals surface area contributed by atoms with E-state index >= 15 is 0 Å². The van der Waals surface area contributed by atoms with Gasteiger partial charge in [0.25, 0.3) is 0 Å². The molecule has 8 heteroatoms. The van der Waals surface area contributed by atoms with Gasteiger partial charge in [-0.3, -0.25) is 9.59 Å². The van der Waals surface area contributed by atoms with E-state index in [0.29, 0.717) is 18.4 Å². The average Bonchev–Trinajstić information content (AvgIpc) is 2.59. The van der Waals surface area contributed by atoms with Crippen LogP contribution in [-0.2, 0) is 19.1 Å². The maximum atomic E-state index is 13.0. The largest absolute Gasteiger partial charge is 0.469 e. The van der Waals surface area contributed by atoms with Crippen molar-refractivity contribution in [1.82, 2.24) is 10.6 Å². The van der Waals surface area contributed by atoms with Crippen molar-refractivity contribution < 1.29 is 23.9 Å². The SMILES string of the molecule is COC(=O)CCC(NC(=O)OC(C)(C)C)C(=O)NCC12CC3CC(CC(Cl)(C3)C1)C2. The molecule has 0 aromatic carbocycles. The number of methoxy groups -OCH3 is 1. The summed E-state index contributed by atoms with van der Waals surface area (Å²) in [7, 11) is 1.30. The molecule has 2 N–H and O–H groups in total. The number of nitrogens with one attached hydrogen (secondary N) is 2. The molecule has 7 nitrogen and oxygen atoms in total. The van der Waals surface area contributed by atoms with E-state index in [0.717, 1.165) is 32.1 Å². The highest BCUT2D eigenvalue weighted by Gasteiger charge is 2.57. The number of rotatable bonds is 7. The Morgan fingerprint density at radius 1 is 1.13 bits per heavy atom. The van der Waals surface area contributed by atoms with E-state index in [2.05, 4.69) is 15.4 Å². The number of amides is 2. The van der Waals surface area contributed by atoms with Gasteiger partial charge >= 0.3 is 12.1 Å². The first kappa shape index (κ1) is 23.2. The van der Waals surface area contributed by atoms with Gasteiger partial charge in [0.05, 0.1) is 7.11 Å². The molecule has 3 unspecified atom stereocenters. The van der Waals surface area contributed by atoms with E-state index in [1.165, 1.54) is 13.5 Å². The molecule has 4 rings (SSSR count). The lowest BCUT2D eigenvalue weighted by molar-refractivity contribution is -0.141. The molecule has 4 aliphatic carbocycles. The molecule has 4 fully saturated rings. The second-order valence-electron chi connectivity index (χ2n) is 10.6. The summed E-state index contributed by atoms with van der Waals surface area (Å²) in [6, 6.07) is -0.863. The summed E-state index contributed by atoms with van der Waals surface area (Å²) in [5, 5.41) is 5.66. The summed E-state index contributed by atoms with van der Waals surface area (Å²) in [5.74, 6) is 0.569. The van der Waals surface area contributed by atoms with Crippen molar-refractivity contribution in [3.05, 3.63) is 0 Å². The Morgan fingerprint density at radius 3 is 2.30 bits per heavy atom. The van der Waals surface area contributed by atoms with Gasteiger partial charge in [-0.1, -0.05) is 0 Å². The second kappa shape index (κ2) is 8.56. The van der Waals surface area contributed by atoms with Gasteiger partial charge < -0.3 is 20.1 Å². The summed E-state index contributed by atoms with van der Waals surface area (Å²) in [5.41, 5.74) is -0.637. The molecule has 0 heterocycles. The van der Waals surface area contributed by atoms with Crippen LogP contribution in [-0.4, -0.2) is 48.1 Å². The quantitative estimate of drug-likeness (QED) is 0.464. The van der Waals surface area contributed by atoms with E-state index in [1.54, 1.807) is 20.8 Å². The Labute approximate surface area is 184 Å². The van der Waals surface area contributed by atoms with Gasteiger partial charge in [-0.05, 0) is 83.0 Å². The Bertz CT molecular complexity index is 676. The number of alkyl halides is 1. The molecule has 0 spiro atoms. The maximum Gasteiger partial charge on any atom is 0.408 e. The molecule has 0 aromatic heterocycles. The van der Waals surface area contributed by atoms with Crippen LogP contribution in [0.25, 0.3) is 0 Å². The van der Waals surface area contributed by atoms with Crippen LogP contribution in [0.1, 0.15) is 72.1 Å². The molecule has 4 aliphatic rings. The predicted octanol–water partition coefficient (Wildman–Crippen LogP) is 3.53. The van der Waals surface area contributed by atoms with E-state index < -0.39 is 23.7 Å². The minimum Gasteiger partial charge on any atom is -0.469 e. The smallest absolute Gasteiger partial charge is 0.408 e. The van der Waals surface area contributed by atoms with Crippen LogP contribution < -0.4 is 10.6 Å². The fourth-order valence-electron chi connectivity index (χ4n) is 6.02. The second-order valence-corrected chi connectivity index (χ2v) is 11.4. The zero-order chi connectivity index (χ0) is 22.2. The van der Waals surface area contributed by atoms with Crippen molar-refractivity contribution in [2.75, 3.05) is 13.7 Å². The van der Waals surface area contributed by atoms with Crippen LogP contribution in [0.5, 0.6) is 0 Å². The number of halogens is 1. The van der Waals surface area contributed by atoms with Crippen LogP contribution >= 0.6 is 11.6 Å². The fraction of sp³-hybridized carbons (Fsp3) is 0.864. The third-order valence-electron chi connectivity index (χ3n) is 6.62. The molecule has 0 aromatic rings. The molecule has 4 saturated carbocycles. The number of alkyl carbamates (subject to hydrolysis) is 1. The van der Waals surface area contributed by atoms with Gasteiger partial charge in [-0.15, -0.1) is 11.6 Å². The van der Waals surface area contributed by atoms with Crippen LogP contribution in [0.4, 0.5) is 4.79 Å². The van der Waals surface area contributed by atoms with Gasteiger partial charge in [0.15, 0.2) is 0 Å². The highest BCUT2D eigenvalue weighted by molar-refractivity contribution is 6.24. The van der Waals surface area contributed by atoms with Gasteiger partial charge in [0, 0.05) is 17.8 Å². The molecule has 2 amide bonds. The van der Waals surface area contributed by atoms with E-state index in [9.17, 15) is 14.4 Å². The zero-order valence-corrected chi connectivity index (χ0v) is 19.3. The molecule has 0 radical (unpaired) electrons. The topological polar surface area (TPSA) is 93.7 Å². The summed E-state index contributed by atoms with van der Waals surface area (Å²) in [4.78, 5) is 36.6. The summed E-state index contributed by atoms with van der Waals surface area (Å²) in [6.45, 7) is 5.82. The molecule has 3 atom stereocenters. The van der Waals surface area contributed by atoms with Crippen molar-refractivity contribution >= 4 is 29.6 Å². The van der Waals surface area contributed by atoms with Crippen LogP contribution in [0, 0.1) is 17.3 Å². The van der Waals surface area contributed by atoms with Crippen molar-refractivity contribution in [1.29, 1.82) is 0 Å². The van der Waals surface area contributed by atoms with Gasteiger partial charge in [-0.2, -0.15) is 0 Å². The summed E-state index contributed by atoms with van der Waals surface area (Å²) in [6.07, 6.45) is 6.07. The third-order valence-corrected chi connectivity index (χ3v) is 7.06. The lowest BCUT2D eigenvalue weighted by Crippen LogP contribution is -2.58. The van der Waals surface area contributed by atoms with Crippen LogP contribution in [0.2, 0.25) is 0 Å². The third kappa shape index (κ3) is 5.80. The van der Waals surface area contributed by atoms with E-state index in [1.807, 2.05) is 0 Å². The number of carbonyl (C=O) groups is 3. The van der Waals surface area contributed by atoms with Crippen LogP contribution in [0.15, 0.2) is 0 Å². The number of hydrogen-bond acceptors (Lipinski definition) is 5. The maximum absolute atomic E-state index is 13.0. The molecule has 170 valence electrons. The van der Waals surface area contributed by atoms with Crippen molar-refractivity contribution in [2.24, 2.45) is 17.3 Å². The Kier molecular flexibility index (Phi) is 6.61. The number of carbonyl (C=O) groups excluding carboxylic acids is 3. The summed E-state index contributed by atoms with van der Waals surface area (Å²) < 4.78 is 9.95. The molecule has 0 saturated heterocycles. The lowest BCUT2D eigenvalue weighted by Gasteiger charge is -2.60. The first-order valence-corrected chi connectivity index (χ1v) is 11.3. The number of hydrogen-bond donors (Lipinski definition) is 2. The van der Waals surface area contributed by atoms with E-state index in [-0.39, 0.29) is 29.0 Å². The highest BCUT2D eigenvalue weighted by Crippen LogP contribution is 2.63. The Balaban J connectivity index is 1.61. The fourth-order valence-corrected chi connectivity index (χ4v) is 6.74. The lowest BCUT2D eigenvalue weighted by atomic mass is 9.49. The minimum absolute atomic E-state index is 0.0322. The van der Waals surface area contributed by atoms with Crippen molar-refractivity contribution in [2.45, 2.75) is 88.7 Å².